The molecule has 0 radical (unpaired) electrons. The van der Waals surface area contributed by atoms with Gasteiger partial charge in [0.2, 0.25) is 0 Å². The molecule has 4 heteroatoms. The number of piperidine rings is 1. The van der Waals surface area contributed by atoms with Crippen LogP contribution in [0.1, 0.15) is 30.5 Å². The molecule has 3 heterocycles. The first kappa shape index (κ1) is 11.9. The second-order valence-electron chi connectivity index (χ2n) is 5.14. The van der Waals surface area contributed by atoms with Crippen molar-refractivity contribution in [3.05, 3.63) is 23.5 Å². The Morgan fingerprint density at radius 1 is 1.39 bits per heavy atom. The Bertz CT molecular complexity index is 402. The van der Waals surface area contributed by atoms with Crippen molar-refractivity contribution in [1.82, 2.24) is 15.6 Å². The van der Waals surface area contributed by atoms with Crippen LogP contribution < -0.4 is 15.4 Å². The van der Waals surface area contributed by atoms with E-state index in [-0.39, 0.29) is 0 Å². The maximum absolute atomic E-state index is 5.58. The fraction of sp³-hybridized carbons (Fsp3) is 0.643. The number of fused-ring (bicyclic) bond motifs is 1. The molecule has 0 atom stereocenters. The third-order valence-corrected chi connectivity index (χ3v) is 3.76. The average molecular weight is 247 g/mol. The van der Waals surface area contributed by atoms with E-state index in [0.717, 1.165) is 50.5 Å². The van der Waals surface area contributed by atoms with Gasteiger partial charge < -0.3 is 15.4 Å². The number of aryl methyl sites for hydroxylation is 1. The molecule has 0 aromatic carbocycles. The van der Waals surface area contributed by atoms with E-state index in [1.165, 1.54) is 18.4 Å². The Hall–Kier alpha value is -1.13. The molecule has 1 fully saturated rings. The van der Waals surface area contributed by atoms with Crippen molar-refractivity contribution in [2.24, 2.45) is 0 Å². The van der Waals surface area contributed by atoms with Gasteiger partial charge in [0, 0.05) is 12.6 Å². The van der Waals surface area contributed by atoms with Gasteiger partial charge in [-0.15, -0.1) is 0 Å². The van der Waals surface area contributed by atoms with Crippen molar-refractivity contribution in [3.63, 3.8) is 0 Å². The predicted molar refractivity (Wildman–Crippen MR) is 70.8 cm³/mol. The van der Waals surface area contributed by atoms with Gasteiger partial charge in [0.05, 0.1) is 18.5 Å². The summed E-state index contributed by atoms with van der Waals surface area (Å²) in [5.41, 5.74) is 2.45. The van der Waals surface area contributed by atoms with Gasteiger partial charge in [0.1, 0.15) is 5.75 Å². The van der Waals surface area contributed by atoms with E-state index < -0.39 is 0 Å². The fourth-order valence-electron chi connectivity index (χ4n) is 2.68. The molecule has 0 unspecified atom stereocenters. The summed E-state index contributed by atoms with van der Waals surface area (Å²) in [5.74, 6) is 0.979. The lowest BCUT2D eigenvalue weighted by molar-refractivity contribution is 0.286. The van der Waals surface area contributed by atoms with Crippen LogP contribution in [0.5, 0.6) is 5.75 Å². The summed E-state index contributed by atoms with van der Waals surface area (Å²) in [7, 11) is 0. The summed E-state index contributed by atoms with van der Waals surface area (Å²) < 4.78 is 5.58. The highest BCUT2D eigenvalue weighted by Gasteiger charge is 2.14. The molecule has 0 saturated carbocycles. The molecule has 1 aromatic rings. The second-order valence-corrected chi connectivity index (χ2v) is 5.14. The maximum Gasteiger partial charge on any atom is 0.140 e. The zero-order valence-electron chi connectivity index (χ0n) is 10.7. The number of rotatable bonds is 3. The van der Waals surface area contributed by atoms with Gasteiger partial charge in [-0.05, 0) is 50.4 Å². The largest absolute Gasteiger partial charge is 0.492 e. The molecule has 2 N–H and O–H groups in total. The molecule has 18 heavy (non-hydrogen) atoms. The van der Waals surface area contributed by atoms with E-state index in [9.17, 15) is 0 Å². The Balaban J connectivity index is 1.58. The number of pyridine rings is 1. The van der Waals surface area contributed by atoms with Crippen LogP contribution in [0.25, 0.3) is 0 Å². The van der Waals surface area contributed by atoms with E-state index in [4.69, 9.17) is 4.74 Å². The van der Waals surface area contributed by atoms with Crippen LogP contribution in [0.2, 0.25) is 0 Å². The first-order valence-electron chi connectivity index (χ1n) is 6.96. The molecule has 2 aliphatic rings. The van der Waals surface area contributed by atoms with Crippen LogP contribution in [0.15, 0.2) is 12.3 Å². The third-order valence-electron chi connectivity index (χ3n) is 3.76. The van der Waals surface area contributed by atoms with Crippen LogP contribution in [0.4, 0.5) is 0 Å². The Kier molecular flexibility index (Phi) is 3.76. The Labute approximate surface area is 108 Å². The highest BCUT2D eigenvalue weighted by atomic mass is 16.5. The quantitative estimate of drug-likeness (QED) is 0.844. The van der Waals surface area contributed by atoms with Gasteiger partial charge in [0.25, 0.3) is 0 Å². The minimum Gasteiger partial charge on any atom is -0.492 e. The summed E-state index contributed by atoms with van der Waals surface area (Å²) in [5, 5.41) is 6.98. The van der Waals surface area contributed by atoms with Gasteiger partial charge in [0.15, 0.2) is 0 Å². The minimum absolute atomic E-state index is 0.639. The van der Waals surface area contributed by atoms with Crippen molar-refractivity contribution in [2.75, 3.05) is 19.7 Å². The summed E-state index contributed by atoms with van der Waals surface area (Å²) in [6.07, 6.45) is 6.56. The molecule has 0 aliphatic carbocycles. The summed E-state index contributed by atoms with van der Waals surface area (Å²) >= 11 is 0. The molecule has 2 aliphatic heterocycles. The number of hydrogen-bond acceptors (Lipinski definition) is 4. The minimum atomic E-state index is 0.639. The zero-order valence-corrected chi connectivity index (χ0v) is 10.7. The normalized spacial score (nSPS) is 20.2. The molecule has 0 spiro atoms. The van der Waals surface area contributed by atoms with Crippen molar-refractivity contribution in [2.45, 2.75) is 38.3 Å². The highest BCUT2D eigenvalue weighted by molar-refractivity contribution is 5.34. The second kappa shape index (κ2) is 5.67. The standard InChI is InChI=1S/C14H21N3O/c1-2-11-8-13(17-10-14(11)18-7-1)9-16-12-3-5-15-6-4-12/h8,10,12,15-16H,1-7,9H2. The maximum atomic E-state index is 5.58. The van der Waals surface area contributed by atoms with Crippen LogP contribution in [0.3, 0.4) is 0 Å². The first-order chi connectivity index (χ1) is 8.92. The zero-order chi connectivity index (χ0) is 12.2. The molecular weight excluding hydrogens is 226 g/mol. The van der Waals surface area contributed by atoms with E-state index in [2.05, 4.69) is 21.7 Å². The molecule has 4 nitrogen and oxygen atoms in total. The van der Waals surface area contributed by atoms with E-state index >= 15 is 0 Å². The van der Waals surface area contributed by atoms with Crippen LogP contribution in [0, 0.1) is 0 Å². The van der Waals surface area contributed by atoms with Gasteiger partial charge in [-0.1, -0.05) is 0 Å². The van der Waals surface area contributed by atoms with Gasteiger partial charge in [-0.3, -0.25) is 4.98 Å². The third kappa shape index (κ3) is 2.82. The molecule has 98 valence electrons. The molecule has 1 aromatic heterocycles. The Morgan fingerprint density at radius 3 is 3.17 bits per heavy atom. The van der Waals surface area contributed by atoms with Gasteiger partial charge >= 0.3 is 0 Å². The number of nitrogens with one attached hydrogen (secondary N) is 2. The number of ether oxygens (including phenoxy) is 1. The van der Waals surface area contributed by atoms with Crippen LogP contribution in [-0.2, 0) is 13.0 Å². The summed E-state index contributed by atoms with van der Waals surface area (Å²) in [4.78, 5) is 4.47. The molecule has 0 bridgehead atoms. The smallest absolute Gasteiger partial charge is 0.140 e. The lowest BCUT2D eigenvalue weighted by Gasteiger charge is -2.24. The first-order valence-corrected chi connectivity index (χ1v) is 6.96. The number of hydrogen-bond donors (Lipinski definition) is 2. The van der Waals surface area contributed by atoms with E-state index in [0.29, 0.717) is 6.04 Å². The van der Waals surface area contributed by atoms with E-state index in [1.54, 1.807) is 0 Å². The molecule has 1 saturated heterocycles. The van der Waals surface area contributed by atoms with Gasteiger partial charge in [-0.25, -0.2) is 0 Å². The molecule has 3 rings (SSSR count). The number of nitrogens with zero attached hydrogens (tertiary/aromatic N) is 1. The Morgan fingerprint density at radius 2 is 2.28 bits per heavy atom. The van der Waals surface area contributed by atoms with Crippen molar-refractivity contribution < 1.29 is 4.74 Å². The monoisotopic (exact) mass is 247 g/mol. The topological polar surface area (TPSA) is 46.2 Å². The van der Waals surface area contributed by atoms with Crippen LogP contribution in [-0.4, -0.2) is 30.7 Å². The number of aromatic nitrogens is 1. The SMILES string of the molecule is c1c(CNC2CCNCC2)ncc2c1CCCO2. The van der Waals surface area contributed by atoms with Gasteiger partial charge in [-0.2, -0.15) is 0 Å². The summed E-state index contributed by atoms with van der Waals surface area (Å²) in [6.45, 7) is 3.96. The fourth-order valence-corrected chi connectivity index (χ4v) is 2.68. The van der Waals surface area contributed by atoms with Crippen molar-refractivity contribution in [3.8, 4) is 5.75 Å². The van der Waals surface area contributed by atoms with E-state index in [1.807, 2.05) is 6.20 Å². The lowest BCUT2D eigenvalue weighted by atomic mass is 10.1. The predicted octanol–water partition coefficient (Wildman–Crippen LogP) is 1.25. The average Bonchev–Trinajstić information content (AvgIpc) is 2.46. The van der Waals surface area contributed by atoms with Crippen LogP contribution >= 0.6 is 0 Å². The van der Waals surface area contributed by atoms with Crippen molar-refractivity contribution in [1.29, 1.82) is 0 Å². The summed E-state index contributed by atoms with van der Waals surface area (Å²) in [6, 6.07) is 2.84. The molecule has 0 amide bonds. The highest BCUT2D eigenvalue weighted by Crippen LogP contribution is 2.23. The lowest BCUT2D eigenvalue weighted by Crippen LogP contribution is -2.39. The molecular formula is C14H21N3O. The van der Waals surface area contributed by atoms with Crippen molar-refractivity contribution >= 4 is 0 Å².